The van der Waals surface area contributed by atoms with Gasteiger partial charge in [-0.3, -0.25) is 9.69 Å². The fourth-order valence-electron chi connectivity index (χ4n) is 3.47. The zero-order valence-corrected chi connectivity index (χ0v) is 17.0. The first-order valence-electron chi connectivity index (χ1n) is 9.66. The van der Waals surface area contributed by atoms with Gasteiger partial charge in [0.15, 0.2) is 17.2 Å². The van der Waals surface area contributed by atoms with Crippen molar-refractivity contribution in [2.24, 2.45) is 0 Å². The first-order valence-corrected chi connectivity index (χ1v) is 9.66. The van der Waals surface area contributed by atoms with E-state index in [9.17, 15) is 4.79 Å². The van der Waals surface area contributed by atoms with Crippen molar-refractivity contribution in [2.45, 2.75) is 45.3 Å². The van der Waals surface area contributed by atoms with Crippen molar-refractivity contribution in [3.05, 3.63) is 35.7 Å². The lowest BCUT2D eigenvalue weighted by Crippen LogP contribution is -2.34. The van der Waals surface area contributed by atoms with Gasteiger partial charge in [-0.2, -0.15) is 0 Å². The van der Waals surface area contributed by atoms with E-state index in [-0.39, 0.29) is 18.0 Å². The number of rotatable bonds is 7. The largest absolute Gasteiger partial charge is 0.493 e. The highest BCUT2D eigenvalue weighted by Crippen LogP contribution is 2.29. The lowest BCUT2D eigenvalue weighted by atomic mass is 10.0. The second-order valence-corrected chi connectivity index (χ2v) is 7.41. The number of hydrogen-bond donors (Lipinski definition) is 1. The number of ether oxygens (including phenoxy) is 2. The van der Waals surface area contributed by atoms with Crippen molar-refractivity contribution in [2.75, 3.05) is 27.3 Å². The summed E-state index contributed by atoms with van der Waals surface area (Å²) in [4.78, 5) is 14.5. The van der Waals surface area contributed by atoms with Gasteiger partial charge in [-0.1, -0.05) is 11.3 Å². The lowest BCUT2D eigenvalue weighted by molar-refractivity contribution is 0.0938. The Morgan fingerprint density at radius 3 is 2.57 bits per heavy atom. The fraction of sp³-hybridized carbons (Fsp3) is 0.550. The SMILES string of the molecule is COc1ccc(CN2CCC(n3cc(C(=O)NC(C)C)nn3)CC2)cc1OC. The van der Waals surface area contributed by atoms with Gasteiger partial charge in [0.2, 0.25) is 0 Å². The zero-order chi connectivity index (χ0) is 20.1. The van der Waals surface area contributed by atoms with Gasteiger partial charge in [-0.15, -0.1) is 5.10 Å². The maximum atomic E-state index is 12.1. The Morgan fingerprint density at radius 2 is 1.93 bits per heavy atom. The molecule has 1 aliphatic heterocycles. The highest BCUT2D eigenvalue weighted by Gasteiger charge is 2.23. The predicted molar refractivity (Wildman–Crippen MR) is 106 cm³/mol. The molecule has 1 fully saturated rings. The van der Waals surface area contributed by atoms with Crippen LogP contribution in [0.25, 0.3) is 0 Å². The Labute approximate surface area is 165 Å². The number of hydrogen-bond acceptors (Lipinski definition) is 6. The topological polar surface area (TPSA) is 81.5 Å². The Kier molecular flexibility index (Phi) is 6.51. The molecule has 2 aromatic rings. The maximum absolute atomic E-state index is 12.1. The van der Waals surface area contributed by atoms with E-state index >= 15 is 0 Å². The molecule has 0 radical (unpaired) electrons. The third-order valence-corrected chi connectivity index (χ3v) is 4.95. The molecule has 1 saturated heterocycles. The van der Waals surface area contributed by atoms with E-state index in [0.29, 0.717) is 5.69 Å². The van der Waals surface area contributed by atoms with Crippen LogP contribution in [0.5, 0.6) is 11.5 Å². The van der Waals surface area contributed by atoms with Crippen LogP contribution in [0.1, 0.15) is 48.8 Å². The van der Waals surface area contributed by atoms with Crippen LogP contribution in [-0.2, 0) is 6.54 Å². The Balaban J connectivity index is 1.55. The van der Waals surface area contributed by atoms with E-state index in [2.05, 4.69) is 26.6 Å². The van der Waals surface area contributed by atoms with Crippen molar-refractivity contribution >= 4 is 5.91 Å². The third kappa shape index (κ3) is 4.81. The normalized spacial score (nSPS) is 15.6. The highest BCUT2D eigenvalue weighted by molar-refractivity contribution is 5.91. The molecule has 0 unspecified atom stereocenters. The van der Waals surface area contributed by atoms with Crippen LogP contribution in [0.15, 0.2) is 24.4 Å². The summed E-state index contributed by atoms with van der Waals surface area (Å²) in [5, 5.41) is 11.0. The van der Waals surface area contributed by atoms with Gasteiger partial charge in [-0.05, 0) is 44.4 Å². The van der Waals surface area contributed by atoms with Crippen molar-refractivity contribution in [1.82, 2.24) is 25.2 Å². The number of amides is 1. The number of piperidine rings is 1. The van der Waals surface area contributed by atoms with Gasteiger partial charge in [-0.25, -0.2) is 4.68 Å². The van der Waals surface area contributed by atoms with Crippen LogP contribution in [0.3, 0.4) is 0 Å². The van der Waals surface area contributed by atoms with Crippen LogP contribution >= 0.6 is 0 Å². The number of methoxy groups -OCH3 is 2. The number of carbonyl (C=O) groups excluding carboxylic acids is 1. The second-order valence-electron chi connectivity index (χ2n) is 7.41. The van der Waals surface area contributed by atoms with Crippen molar-refractivity contribution in [3.63, 3.8) is 0 Å². The predicted octanol–water partition coefficient (Wildman–Crippen LogP) is 2.27. The summed E-state index contributed by atoms with van der Waals surface area (Å²) in [6, 6.07) is 6.40. The van der Waals surface area contributed by atoms with Crippen LogP contribution in [0, 0.1) is 0 Å². The van der Waals surface area contributed by atoms with Crippen LogP contribution < -0.4 is 14.8 Å². The summed E-state index contributed by atoms with van der Waals surface area (Å²) >= 11 is 0. The number of aromatic nitrogens is 3. The van der Waals surface area contributed by atoms with Gasteiger partial charge in [0.25, 0.3) is 5.91 Å². The molecule has 0 spiro atoms. The minimum atomic E-state index is -0.174. The standard InChI is InChI=1S/C20H29N5O3/c1-14(2)21-20(26)17-13-25(23-22-17)16-7-9-24(10-8-16)12-15-5-6-18(27-3)19(11-15)28-4/h5-6,11,13-14,16H,7-10,12H2,1-4H3,(H,21,26). The lowest BCUT2D eigenvalue weighted by Gasteiger charge is -2.31. The number of carbonyl (C=O) groups is 1. The number of nitrogens with zero attached hydrogens (tertiary/aromatic N) is 4. The average molecular weight is 387 g/mol. The van der Waals surface area contributed by atoms with Gasteiger partial charge < -0.3 is 14.8 Å². The van der Waals surface area contributed by atoms with E-state index in [1.807, 2.05) is 30.7 Å². The van der Waals surface area contributed by atoms with Crippen molar-refractivity contribution in [3.8, 4) is 11.5 Å². The molecule has 1 aliphatic rings. The molecule has 0 bridgehead atoms. The maximum Gasteiger partial charge on any atom is 0.273 e. The molecule has 1 amide bonds. The Morgan fingerprint density at radius 1 is 1.21 bits per heavy atom. The molecule has 28 heavy (non-hydrogen) atoms. The Hall–Kier alpha value is -2.61. The zero-order valence-electron chi connectivity index (χ0n) is 17.0. The van der Waals surface area contributed by atoms with Gasteiger partial charge in [0, 0.05) is 25.7 Å². The molecule has 1 N–H and O–H groups in total. The quantitative estimate of drug-likeness (QED) is 0.785. The molecular weight excluding hydrogens is 358 g/mol. The second kappa shape index (κ2) is 9.05. The number of benzene rings is 1. The van der Waals surface area contributed by atoms with E-state index in [1.165, 1.54) is 5.56 Å². The van der Waals surface area contributed by atoms with Crippen LogP contribution in [0.2, 0.25) is 0 Å². The van der Waals surface area contributed by atoms with Crippen molar-refractivity contribution < 1.29 is 14.3 Å². The van der Waals surface area contributed by atoms with Crippen LogP contribution in [0.4, 0.5) is 0 Å². The highest BCUT2D eigenvalue weighted by atomic mass is 16.5. The van der Waals surface area contributed by atoms with E-state index in [0.717, 1.165) is 44.0 Å². The molecule has 152 valence electrons. The molecule has 0 aliphatic carbocycles. The smallest absolute Gasteiger partial charge is 0.273 e. The molecule has 0 atom stereocenters. The number of nitrogens with one attached hydrogen (secondary N) is 1. The number of likely N-dealkylation sites (tertiary alicyclic amines) is 1. The minimum Gasteiger partial charge on any atom is -0.493 e. The van der Waals surface area contributed by atoms with Crippen LogP contribution in [-0.4, -0.2) is 59.2 Å². The van der Waals surface area contributed by atoms with Gasteiger partial charge in [0.05, 0.1) is 26.5 Å². The summed E-state index contributed by atoms with van der Waals surface area (Å²) in [5.74, 6) is 1.32. The summed E-state index contributed by atoms with van der Waals surface area (Å²) in [6.07, 6.45) is 3.70. The Bertz CT molecular complexity index is 797. The molecule has 0 saturated carbocycles. The summed E-state index contributed by atoms with van der Waals surface area (Å²) in [6.45, 7) is 6.65. The molecule has 1 aromatic heterocycles. The first-order chi connectivity index (χ1) is 13.5. The third-order valence-electron chi connectivity index (χ3n) is 4.95. The summed E-state index contributed by atoms with van der Waals surface area (Å²) in [5.41, 5.74) is 1.57. The van der Waals surface area contributed by atoms with E-state index in [4.69, 9.17) is 9.47 Å². The van der Waals surface area contributed by atoms with Gasteiger partial charge in [0.1, 0.15) is 0 Å². The average Bonchev–Trinajstić information content (AvgIpc) is 3.18. The molecule has 8 nitrogen and oxygen atoms in total. The monoisotopic (exact) mass is 387 g/mol. The summed E-state index contributed by atoms with van der Waals surface area (Å²) in [7, 11) is 3.30. The van der Waals surface area contributed by atoms with E-state index in [1.54, 1.807) is 20.4 Å². The first kappa shape index (κ1) is 20.1. The molecule has 1 aromatic carbocycles. The summed E-state index contributed by atoms with van der Waals surface area (Å²) < 4.78 is 12.5. The fourth-order valence-corrected chi connectivity index (χ4v) is 3.47. The molecule has 8 heteroatoms. The van der Waals surface area contributed by atoms with Gasteiger partial charge >= 0.3 is 0 Å². The van der Waals surface area contributed by atoms with Crippen molar-refractivity contribution in [1.29, 1.82) is 0 Å². The molecule has 3 rings (SSSR count). The minimum absolute atomic E-state index is 0.0810. The van der Waals surface area contributed by atoms with E-state index < -0.39 is 0 Å². The molecule has 2 heterocycles. The molecular formula is C20H29N5O3.